The number of aryl methyl sites for hydroxylation is 3. The maximum atomic E-state index is 6.36. The largest absolute Gasteiger partial charge is 0.370 e. The summed E-state index contributed by atoms with van der Waals surface area (Å²) >= 11 is 6.36. The molecule has 1 aromatic heterocycles. The second-order valence-corrected chi connectivity index (χ2v) is 6.77. The van der Waals surface area contributed by atoms with E-state index in [0.29, 0.717) is 11.0 Å². The Morgan fingerprint density at radius 3 is 2.50 bits per heavy atom. The molecule has 1 aromatic carbocycles. The molecule has 0 radical (unpaired) electrons. The third-order valence-corrected chi connectivity index (χ3v) is 3.91. The number of aromatic nitrogens is 2. The molecule has 0 aliphatic carbocycles. The number of anilines is 3. The molecule has 1 heterocycles. The Morgan fingerprint density at radius 1 is 1.08 bits per heavy atom. The molecule has 0 bridgehead atoms. The van der Waals surface area contributed by atoms with Crippen molar-refractivity contribution in [3.8, 4) is 0 Å². The minimum atomic E-state index is 0.555. The lowest BCUT2D eigenvalue weighted by atomic mass is 10.1. The summed E-state index contributed by atoms with van der Waals surface area (Å²) in [7, 11) is 4.15. The van der Waals surface area contributed by atoms with Gasteiger partial charge in [0.2, 0.25) is 5.95 Å². The molecule has 24 heavy (non-hydrogen) atoms. The van der Waals surface area contributed by atoms with Gasteiger partial charge in [-0.2, -0.15) is 4.98 Å². The van der Waals surface area contributed by atoms with Crippen LogP contribution in [0.4, 0.5) is 17.5 Å². The quantitative estimate of drug-likeness (QED) is 0.736. The van der Waals surface area contributed by atoms with Crippen LogP contribution in [0.3, 0.4) is 0 Å². The number of hydrogen-bond donors (Lipinski definition) is 2. The smallest absolute Gasteiger partial charge is 0.229 e. The zero-order valence-electron chi connectivity index (χ0n) is 15.1. The first-order chi connectivity index (χ1) is 11.3. The lowest BCUT2D eigenvalue weighted by Crippen LogP contribution is -2.17. The minimum absolute atomic E-state index is 0.555. The highest BCUT2D eigenvalue weighted by molar-refractivity contribution is 6.33. The lowest BCUT2D eigenvalue weighted by Gasteiger charge is -2.14. The first-order valence-corrected chi connectivity index (χ1v) is 8.51. The van der Waals surface area contributed by atoms with Gasteiger partial charge in [-0.1, -0.05) is 17.7 Å². The number of nitrogens with zero attached hydrogens (tertiary/aromatic N) is 3. The fourth-order valence-electron chi connectivity index (χ4n) is 2.51. The van der Waals surface area contributed by atoms with E-state index in [0.717, 1.165) is 47.8 Å². The highest BCUT2D eigenvalue weighted by Gasteiger charge is 2.09. The van der Waals surface area contributed by atoms with Crippen molar-refractivity contribution in [3.63, 3.8) is 0 Å². The topological polar surface area (TPSA) is 53.1 Å². The van der Waals surface area contributed by atoms with Gasteiger partial charge in [-0.3, -0.25) is 0 Å². The van der Waals surface area contributed by atoms with Crippen LogP contribution in [0.15, 0.2) is 18.2 Å². The average molecular weight is 348 g/mol. The Bertz CT molecular complexity index is 677. The normalized spacial score (nSPS) is 11.0. The van der Waals surface area contributed by atoms with E-state index in [1.807, 2.05) is 32.9 Å². The van der Waals surface area contributed by atoms with Crippen molar-refractivity contribution in [2.24, 2.45) is 0 Å². The third kappa shape index (κ3) is 5.35. The Hall–Kier alpha value is -1.85. The Balaban J connectivity index is 2.11. The summed E-state index contributed by atoms with van der Waals surface area (Å²) in [5.41, 5.74) is 3.97. The monoisotopic (exact) mass is 347 g/mol. The van der Waals surface area contributed by atoms with Crippen LogP contribution in [0.5, 0.6) is 0 Å². The minimum Gasteiger partial charge on any atom is -0.370 e. The van der Waals surface area contributed by atoms with Crippen molar-refractivity contribution in [1.29, 1.82) is 0 Å². The molecule has 6 heteroatoms. The van der Waals surface area contributed by atoms with E-state index in [4.69, 9.17) is 11.6 Å². The van der Waals surface area contributed by atoms with E-state index in [2.05, 4.69) is 45.7 Å². The van der Waals surface area contributed by atoms with Gasteiger partial charge in [0.15, 0.2) is 0 Å². The fraction of sp³-hybridized carbons (Fsp3) is 0.444. The molecule has 2 N–H and O–H groups in total. The van der Waals surface area contributed by atoms with Gasteiger partial charge in [0.05, 0.1) is 10.7 Å². The van der Waals surface area contributed by atoms with Gasteiger partial charge in [0.1, 0.15) is 5.82 Å². The first-order valence-electron chi connectivity index (χ1n) is 8.13. The number of benzene rings is 1. The average Bonchev–Trinajstić information content (AvgIpc) is 2.47. The molecular weight excluding hydrogens is 322 g/mol. The Kier molecular flexibility index (Phi) is 6.40. The van der Waals surface area contributed by atoms with E-state index in [1.165, 1.54) is 0 Å². The van der Waals surface area contributed by atoms with Gasteiger partial charge in [-0.15, -0.1) is 0 Å². The van der Waals surface area contributed by atoms with Crippen LogP contribution < -0.4 is 10.6 Å². The van der Waals surface area contributed by atoms with E-state index in [9.17, 15) is 0 Å². The van der Waals surface area contributed by atoms with Crippen molar-refractivity contribution in [2.75, 3.05) is 37.8 Å². The van der Waals surface area contributed by atoms with Gasteiger partial charge < -0.3 is 15.5 Å². The molecule has 0 amide bonds. The summed E-state index contributed by atoms with van der Waals surface area (Å²) < 4.78 is 0. The van der Waals surface area contributed by atoms with E-state index < -0.39 is 0 Å². The van der Waals surface area contributed by atoms with Crippen molar-refractivity contribution in [1.82, 2.24) is 14.9 Å². The first kappa shape index (κ1) is 18.5. The zero-order chi connectivity index (χ0) is 17.7. The van der Waals surface area contributed by atoms with Crippen molar-refractivity contribution < 1.29 is 0 Å². The molecule has 0 atom stereocenters. The van der Waals surface area contributed by atoms with Gasteiger partial charge in [-0.25, -0.2) is 4.98 Å². The standard InChI is InChI=1S/C18H26ClN5/c1-12-9-13(2)17(15(19)10-12)23-18-21-14(3)11-16(22-18)20-7-6-8-24(4)5/h9-11H,6-8H2,1-5H3,(H2,20,21,22,23). The highest BCUT2D eigenvalue weighted by Crippen LogP contribution is 2.29. The summed E-state index contributed by atoms with van der Waals surface area (Å²) in [6, 6.07) is 5.97. The molecule has 0 aliphatic rings. The SMILES string of the molecule is Cc1cc(C)c(Nc2nc(C)cc(NCCCN(C)C)n2)c(Cl)c1. The number of halogens is 1. The molecule has 0 aliphatic heterocycles. The maximum absolute atomic E-state index is 6.36. The highest BCUT2D eigenvalue weighted by atomic mass is 35.5. The molecule has 2 aromatic rings. The van der Waals surface area contributed by atoms with E-state index in [1.54, 1.807) is 0 Å². The number of nitrogens with one attached hydrogen (secondary N) is 2. The van der Waals surface area contributed by atoms with E-state index >= 15 is 0 Å². The second-order valence-electron chi connectivity index (χ2n) is 6.37. The summed E-state index contributed by atoms with van der Waals surface area (Å²) in [6.07, 6.45) is 1.06. The van der Waals surface area contributed by atoms with E-state index in [-0.39, 0.29) is 0 Å². The molecule has 0 fully saturated rings. The summed E-state index contributed by atoms with van der Waals surface area (Å²) in [6.45, 7) is 7.93. The van der Waals surface area contributed by atoms with Crippen molar-refractivity contribution >= 4 is 29.1 Å². The molecule has 0 unspecified atom stereocenters. The van der Waals surface area contributed by atoms with Crippen LogP contribution in [-0.2, 0) is 0 Å². The van der Waals surface area contributed by atoms with Gasteiger partial charge >= 0.3 is 0 Å². The van der Waals surface area contributed by atoms with Crippen LogP contribution >= 0.6 is 11.6 Å². The van der Waals surface area contributed by atoms with Gasteiger partial charge in [-0.05, 0) is 65.0 Å². The maximum Gasteiger partial charge on any atom is 0.229 e. The van der Waals surface area contributed by atoms with Gasteiger partial charge in [0.25, 0.3) is 0 Å². The van der Waals surface area contributed by atoms with Crippen LogP contribution in [-0.4, -0.2) is 42.1 Å². The molecular formula is C18H26ClN5. The molecule has 0 saturated heterocycles. The summed E-state index contributed by atoms with van der Waals surface area (Å²) in [4.78, 5) is 11.2. The van der Waals surface area contributed by atoms with Crippen molar-refractivity contribution in [3.05, 3.63) is 40.0 Å². The lowest BCUT2D eigenvalue weighted by molar-refractivity contribution is 0.405. The molecule has 2 rings (SSSR count). The second kappa shape index (κ2) is 8.31. The predicted octanol–water partition coefficient (Wildman–Crippen LogP) is 4.16. The predicted molar refractivity (Wildman–Crippen MR) is 103 cm³/mol. The molecule has 5 nitrogen and oxygen atoms in total. The number of hydrogen-bond acceptors (Lipinski definition) is 5. The van der Waals surface area contributed by atoms with Gasteiger partial charge in [0, 0.05) is 18.3 Å². The summed E-state index contributed by atoms with van der Waals surface area (Å²) in [5.74, 6) is 1.38. The van der Waals surface area contributed by atoms with Crippen molar-refractivity contribution in [2.45, 2.75) is 27.2 Å². The van der Waals surface area contributed by atoms with Crippen LogP contribution in [0.1, 0.15) is 23.2 Å². The molecule has 0 spiro atoms. The van der Waals surface area contributed by atoms with Crippen LogP contribution in [0.2, 0.25) is 5.02 Å². The number of rotatable bonds is 7. The zero-order valence-corrected chi connectivity index (χ0v) is 15.8. The Labute approximate surface area is 149 Å². The third-order valence-electron chi connectivity index (χ3n) is 3.61. The van der Waals surface area contributed by atoms with Crippen LogP contribution in [0.25, 0.3) is 0 Å². The molecule has 0 saturated carbocycles. The molecule has 130 valence electrons. The Morgan fingerprint density at radius 2 is 1.83 bits per heavy atom. The fourth-order valence-corrected chi connectivity index (χ4v) is 2.88. The summed E-state index contributed by atoms with van der Waals surface area (Å²) in [5, 5.41) is 7.29. The van der Waals surface area contributed by atoms with Crippen LogP contribution in [0, 0.1) is 20.8 Å².